The number of fused-ring (bicyclic) bond motifs is 1. The van der Waals surface area contributed by atoms with Crippen LogP contribution in [0.1, 0.15) is 18.5 Å². The molecule has 0 fully saturated rings. The van der Waals surface area contributed by atoms with E-state index in [2.05, 4.69) is 10.3 Å². The molecule has 1 heterocycles. The average Bonchev–Trinajstić information content (AvgIpc) is 2.69. The molecule has 3 aromatic rings. The van der Waals surface area contributed by atoms with Crippen molar-refractivity contribution in [1.29, 1.82) is 0 Å². The molecule has 0 aliphatic carbocycles. The van der Waals surface area contributed by atoms with Crippen molar-refractivity contribution >= 4 is 34.1 Å². The number of amides is 2. The predicted octanol–water partition coefficient (Wildman–Crippen LogP) is 4.55. The number of halogens is 2. The highest BCUT2D eigenvalue weighted by molar-refractivity contribution is 6.31. The molecule has 2 amide bonds. The molecule has 146 valence electrons. The molecule has 2 N–H and O–H groups in total. The molecule has 0 spiro atoms. The van der Waals surface area contributed by atoms with Gasteiger partial charge in [-0.05, 0) is 54.3 Å². The third kappa shape index (κ3) is 3.80. The first-order valence-electron chi connectivity index (χ1n) is 8.50. The van der Waals surface area contributed by atoms with E-state index >= 15 is 0 Å². The first-order chi connectivity index (χ1) is 13.3. The Morgan fingerprint density at radius 1 is 1.25 bits per heavy atom. The molecule has 8 heteroatoms. The number of ether oxygens (including phenoxy) is 1. The van der Waals surface area contributed by atoms with E-state index in [9.17, 15) is 14.0 Å². The van der Waals surface area contributed by atoms with Gasteiger partial charge in [-0.25, -0.2) is 9.18 Å². The van der Waals surface area contributed by atoms with Crippen molar-refractivity contribution in [3.05, 3.63) is 69.4 Å². The van der Waals surface area contributed by atoms with Crippen molar-refractivity contribution < 1.29 is 13.9 Å². The first-order valence-corrected chi connectivity index (χ1v) is 8.88. The van der Waals surface area contributed by atoms with Gasteiger partial charge in [-0.1, -0.05) is 11.6 Å². The molecule has 28 heavy (non-hydrogen) atoms. The highest BCUT2D eigenvalue weighted by Gasteiger charge is 2.21. The van der Waals surface area contributed by atoms with Gasteiger partial charge in [-0.2, -0.15) is 0 Å². The van der Waals surface area contributed by atoms with E-state index in [-0.39, 0.29) is 16.6 Å². The smallest absolute Gasteiger partial charge is 0.322 e. The number of carbonyl (C=O) groups excluding carboxylic acids is 1. The minimum absolute atomic E-state index is 0.0766. The lowest BCUT2D eigenvalue weighted by molar-refractivity contribution is 0.208. The molecule has 2 aromatic carbocycles. The molecule has 0 aliphatic rings. The lowest BCUT2D eigenvalue weighted by Crippen LogP contribution is -2.34. The molecule has 0 saturated carbocycles. The topological polar surface area (TPSA) is 74.4 Å². The Morgan fingerprint density at radius 3 is 2.68 bits per heavy atom. The van der Waals surface area contributed by atoms with Crippen LogP contribution < -0.4 is 15.6 Å². The Hall–Kier alpha value is -3.06. The summed E-state index contributed by atoms with van der Waals surface area (Å²) in [4.78, 5) is 28.9. The Kier molecular flexibility index (Phi) is 5.56. The summed E-state index contributed by atoms with van der Waals surface area (Å²) in [7, 11) is 3.17. The lowest BCUT2D eigenvalue weighted by atomic mass is 10.0. The number of pyridine rings is 1. The van der Waals surface area contributed by atoms with Gasteiger partial charge in [0.15, 0.2) is 0 Å². The van der Waals surface area contributed by atoms with Gasteiger partial charge < -0.3 is 19.9 Å². The fraction of sp³-hybridized carbons (Fsp3) is 0.200. The number of nitrogens with one attached hydrogen (secondary N) is 2. The minimum Gasteiger partial charge on any atom is -0.497 e. The quantitative estimate of drug-likeness (QED) is 0.670. The molecule has 0 unspecified atom stereocenters. The molecular formula is C20H19ClFN3O3. The monoisotopic (exact) mass is 403 g/mol. The maximum Gasteiger partial charge on any atom is 0.322 e. The van der Waals surface area contributed by atoms with Gasteiger partial charge in [0.1, 0.15) is 11.6 Å². The van der Waals surface area contributed by atoms with Gasteiger partial charge in [-0.3, -0.25) is 4.79 Å². The van der Waals surface area contributed by atoms with Crippen molar-refractivity contribution in [2.24, 2.45) is 0 Å². The average molecular weight is 404 g/mol. The van der Waals surface area contributed by atoms with Crippen LogP contribution in [0.4, 0.5) is 14.9 Å². The van der Waals surface area contributed by atoms with E-state index in [1.807, 2.05) is 6.92 Å². The molecule has 1 atom stereocenters. The molecule has 6 nitrogen and oxygen atoms in total. The highest BCUT2D eigenvalue weighted by atomic mass is 35.5. The van der Waals surface area contributed by atoms with Crippen molar-refractivity contribution in [3.8, 4) is 5.75 Å². The van der Waals surface area contributed by atoms with Gasteiger partial charge >= 0.3 is 6.03 Å². The van der Waals surface area contributed by atoms with Crippen LogP contribution in [0.5, 0.6) is 5.75 Å². The summed E-state index contributed by atoms with van der Waals surface area (Å²) in [5, 5.41) is 3.80. The minimum atomic E-state index is -0.560. The fourth-order valence-corrected chi connectivity index (χ4v) is 3.08. The zero-order valence-electron chi connectivity index (χ0n) is 15.5. The third-order valence-corrected chi connectivity index (χ3v) is 4.95. The second kappa shape index (κ2) is 7.90. The molecule has 0 bridgehead atoms. The van der Waals surface area contributed by atoms with E-state index in [0.29, 0.717) is 22.2 Å². The van der Waals surface area contributed by atoms with Gasteiger partial charge in [0.2, 0.25) is 0 Å². The number of hydrogen-bond donors (Lipinski definition) is 2. The number of aromatic nitrogens is 1. The van der Waals surface area contributed by atoms with Crippen molar-refractivity contribution in [2.75, 3.05) is 19.5 Å². The standard InChI is InChI=1S/C20H19ClFN3O3/c1-11(25(2)20(27)24-12-4-7-18(22)17(21)8-12)16-10-23-19(26)14-6-5-13(28-3)9-15(14)16/h4-11H,1-3H3,(H,23,26)(H,24,27)/t11-/m0/s1. The van der Waals surface area contributed by atoms with Crippen molar-refractivity contribution in [1.82, 2.24) is 9.88 Å². The fourth-order valence-electron chi connectivity index (χ4n) is 2.90. The van der Waals surface area contributed by atoms with Gasteiger partial charge in [0.25, 0.3) is 5.56 Å². The summed E-state index contributed by atoms with van der Waals surface area (Å²) in [6, 6.07) is 8.33. The Balaban J connectivity index is 1.91. The summed E-state index contributed by atoms with van der Waals surface area (Å²) in [5.74, 6) is 0.0506. The SMILES string of the molecule is COc1ccc2c(=O)[nH]cc([C@H](C)N(C)C(=O)Nc3ccc(F)c(Cl)c3)c2c1. The number of rotatable bonds is 4. The van der Waals surface area contributed by atoms with E-state index in [1.165, 1.54) is 23.1 Å². The summed E-state index contributed by atoms with van der Waals surface area (Å²) < 4.78 is 18.5. The number of carbonyl (C=O) groups is 1. The highest BCUT2D eigenvalue weighted by Crippen LogP contribution is 2.28. The normalized spacial score (nSPS) is 11.9. The number of H-pyrrole nitrogens is 1. The Labute approximate surface area is 165 Å². The number of hydrogen-bond acceptors (Lipinski definition) is 3. The molecule has 0 saturated heterocycles. The molecule has 0 aliphatic heterocycles. The van der Waals surface area contributed by atoms with Crippen LogP contribution in [0.2, 0.25) is 5.02 Å². The van der Waals surface area contributed by atoms with Crippen LogP contribution in [0, 0.1) is 5.82 Å². The predicted molar refractivity (Wildman–Crippen MR) is 108 cm³/mol. The van der Waals surface area contributed by atoms with Crippen LogP contribution in [0.15, 0.2) is 47.4 Å². The van der Waals surface area contributed by atoms with Crippen molar-refractivity contribution in [2.45, 2.75) is 13.0 Å². The van der Waals surface area contributed by atoms with Crippen LogP contribution >= 0.6 is 11.6 Å². The first kappa shape index (κ1) is 19.7. The molecular weight excluding hydrogens is 385 g/mol. The summed E-state index contributed by atoms with van der Waals surface area (Å²) in [6.45, 7) is 1.84. The molecule has 1 aromatic heterocycles. The Bertz CT molecular complexity index is 1100. The number of urea groups is 1. The summed E-state index contributed by atoms with van der Waals surface area (Å²) in [5.41, 5.74) is 0.911. The summed E-state index contributed by atoms with van der Waals surface area (Å²) in [6.07, 6.45) is 1.59. The second-order valence-electron chi connectivity index (χ2n) is 6.33. The van der Waals surface area contributed by atoms with Crippen LogP contribution in [0.25, 0.3) is 10.8 Å². The zero-order chi connectivity index (χ0) is 20.4. The van der Waals surface area contributed by atoms with Gasteiger partial charge in [0.05, 0.1) is 18.2 Å². The molecule has 0 radical (unpaired) electrons. The van der Waals surface area contributed by atoms with Crippen LogP contribution in [0.3, 0.4) is 0 Å². The van der Waals surface area contributed by atoms with Crippen LogP contribution in [-0.4, -0.2) is 30.1 Å². The largest absolute Gasteiger partial charge is 0.497 e. The maximum absolute atomic E-state index is 13.3. The Morgan fingerprint density at radius 2 is 2.00 bits per heavy atom. The van der Waals surface area contributed by atoms with E-state index in [1.54, 1.807) is 38.6 Å². The van der Waals surface area contributed by atoms with Gasteiger partial charge in [-0.15, -0.1) is 0 Å². The maximum atomic E-state index is 13.3. The summed E-state index contributed by atoms with van der Waals surface area (Å²) >= 11 is 5.76. The third-order valence-electron chi connectivity index (χ3n) is 4.66. The van der Waals surface area contributed by atoms with Crippen LogP contribution in [-0.2, 0) is 0 Å². The number of methoxy groups -OCH3 is 1. The zero-order valence-corrected chi connectivity index (χ0v) is 16.3. The number of benzene rings is 2. The van der Waals surface area contributed by atoms with E-state index in [0.717, 1.165) is 5.56 Å². The van der Waals surface area contributed by atoms with Crippen molar-refractivity contribution in [3.63, 3.8) is 0 Å². The lowest BCUT2D eigenvalue weighted by Gasteiger charge is -2.26. The van der Waals surface area contributed by atoms with Gasteiger partial charge in [0, 0.05) is 24.3 Å². The number of anilines is 1. The molecule has 3 rings (SSSR count). The number of aromatic amines is 1. The number of nitrogens with zero attached hydrogens (tertiary/aromatic N) is 1. The second-order valence-corrected chi connectivity index (χ2v) is 6.74. The van der Waals surface area contributed by atoms with E-state index < -0.39 is 11.8 Å². The van der Waals surface area contributed by atoms with E-state index in [4.69, 9.17) is 16.3 Å².